The van der Waals surface area contributed by atoms with Crippen LogP contribution in [-0.4, -0.2) is 204 Å². The molecule has 0 bridgehead atoms. The molecule has 20 rings (SSSR count). The number of nitrogens with zero attached hydrogens (tertiary/aromatic N) is 23. The number of benzene rings is 5. The van der Waals surface area contributed by atoms with E-state index in [0.29, 0.717) is 16.9 Å². The normalized spacial score (nSPS) is 12.1. The van der Waals surface area contributed by atoms with Crippen LogP contribution in [0.2, 0.25) is 0 Å². The van der Waals surface area contributed by atoms with Crippen molar-refractivity contribution in [1.29, 1.82) is 0 Å². The zero-order valence-electron chi connectivity index (χ0n) is 77.0. The Hall–Kier alpha value is -18.7. The monoisotopic (exact) mass is 2120 g/mol. The van der Waals surface area contributed by atoms with Crippen molar-refractivity contribution >= 4 is 115 Å². The van der Waals surface area contributed by atoms with E-state index in [1.54, 1.807) is 88.4 Å². The number of hydrogen-bond donors (Lipinski definition) is 4. The molecule has 56 heteroatoms. The highest BCUT2D eigenvalue weighted by molar-refractivity contribution is 7.96. The largest absolute Gasteiger partial charge is 0.434 e. The summed E-state index contributed by atoms with van der Waals surface area (Å²) in [5.74, 6) is -3.68. The van der Waals surface area contributed by atoms with Gasteiger partial charge >= 0.3 is 26.4 Å². The van der Waals surface area contributed by atoms with E-state index < -0.39 is 95.0 Å². The number of hydrogen-bond acceptors (Lipinski definition) is 31. The van der Waals surface area contributed by atoms with E-state index in [2.05, 4.69) is 111 Å². The van der Waals surface area contributed by atoms with E-state index in [1.165, 1.54) is 209 Å². The Morgan fingerprint density at radius 1 is 0.336 bits per heavy atom. The minimum atomic E-state index is -4.24. The van der Waals surface area contributed by atoms with Gasteiger partial charge in [0, 0.05) is 163 Å². The Balaban J connectivity index is 0.000000135. The fraction of sp³-hybridized carbons (Fsp3) is 0.108. The number of pyridine rings is 2. The number of rotatable bonds is 28. The maximum absolute atomic E-state index is 13.3. The number of ether oxygens (including phenoxy) is 4. The lowest BCUT2D eigenvalue weighted by Crippen LogP contribution is -2.17. The number of sulfone groups is 4. The molecule has 15 heterocycles. The summed E-state index contributed by atoms with van der Waals surface area (Å²) < 4.78 is 242. The van der Waals surface area contributed by atoms with Crippen molar-refractivity contribution < 1.29 is 107 Å². The number of halogens is 8. The number of anilines is 4. The molecule has 1 aliphatic rings. The molecule has 4 amide bonds. The van der Waals surface area contributed by atoms with Crippen LogP contribution in [0.25, 0.3) is 67.6 Å². The minimum absolute atomic E-state index is 0.00823. The Morgan fingerprint density at radius 2 is 0.638 bits per heavy atom. The van der Waals surface area contributed by atoms with E-state index in [-0.39, 0.29) is 164 Å². The molecule has 0 saturated heterocycles. The molecule has 0 saturated carbocycles. The average molecular weight is 2120 g/mol. The van der Waals surface area contributed by atoms with Crippen LogP contribution in [0.1, 0.15) is 41.4 Å². The van der Waals surface area contributed by atoms with Crippen LogP contribution < -0.4 is 45.8 Å². The van der Waals surface area contributed by atoms with Gasteiger partial charge in [-0.25, -0.2) is 71.7 Å². The van der Waals surface area contributed by atoms with Gasteiger partial charge in [0.05, 0.1) is 93.3 Å². The molecular weight excluding hydrogens is 2050 g/mol. The fourth-order valence-electron chi connectivity index (χ4n) is 14.9. The number of fused-ring (bicyclic) bond motifs is 4. The molecule has 0 spiro atoms. The number of carbonyl (C=O) groups excluding carboxylic acids is 4. The van der Waals surface area contributed by atoms with Gasteiger partial charge in [-0.3, -0.25) is 52.7 Å². The highest BCUT2D eigenvalue weighted by Crippen LogP contribution is 2.44. The van der Waals surface area contributed by atoms with Crippen molar-refractivity contribution in [3.63, 3.8) is 0 Å². The number of aryl methyl sites for hydroxylation is 5. The molecule has 0 fully saturated rings. The highest BCUT2D eigenvalue weighted by Gasteiger charge is 2.34. The van der Waals surface area contributed by atoms with Gasteiger partial charge in [0.1, 0.15) is 68.0 Å². The van der Waals surface area contributed by atoms with Crippen LogP contribution in [0.15, 0.2) is 324 Å². The summed E-state index contributed by atoms with van der Waals surface area (Å²) >= 11 is 0. The predicted octanol–water partition coefficient (Wildman–Crippen LogP) is 12.3. The van der Waals surface area contributed by atoms with Crippen LogP contribution in [0.4, 0.5) is 57.9 Å². The summed E-state index contributed by atoms with van der Waals surface area (Å²) in [6.45, 7) is -12.5. The van der Waals surface area contributed by atoms with Crippen molar-refractivity contribution in [2.24, 2.45) is 40.2 Å². The molecule has 19 aromatic rings. The molecule has 0 radical (unpaired) electrons. The molecule has 0 unspecified atom stereocenters. The molecule has 0 aliphatic carbocycles. The molecule has 5 aromatic carbocycles. The quantitative estimate of drug-likeness (QED) is 0.0331. The third kappa shape index (κ3) is 21.9. The summed E-state index contributed by atoms with van der Waals surface area (Å²) in [5, 5.41) is 44.1. The first kappa shape index (κ1) is 102. The Bertz CT molecular complexity index is 8800. The lowest BCUT2D eigenvalue weighted by Gasteiger charge is -2.13. The second-order valence-corrected chi connectivity index (χ2v) is 39.2. The van der Waals surface area contributed by atoms with E-state index in [1.807, 2.05) is 0 Å². The average Bonchev–Trinajstić information content (AvgIpc) is 1.70. The number of carbonyl (C=O) groups is 4. The van der Waals surface area contributed by atoms with E-state index in [4.69, 9.17) is 0 Å². The zero-order chi connectivity index (χ0) is 106. The van der Waals surface area contributed by atoms with Gasteiger partial charge in [0.15, 0.2) is 22.6 Å². The van der Waals surface area contributed by atoms with E-state index in [0.717, 1.165) is 60.7 Å². The lowest BCUT2D eigenvalue weighted by atomic mass is 10.1. The third-order valence-corrected chi connectivity index (χ3v) is 28.7. The Labute approximate surface area is 833 Å². The summed E-state index contributed by atoms with van der Waals surface area (Å²) in [4.78, 5) is 87.4. The van der Waals surface area contributed by atoms with Gasteiger partial charge in [-0.2, -0.15) is 75.9 Å². The molecule has 0 atom stereocenters. The summed E-state index contributed by atoms with van der Waals surface area (Å²) in [6, 6.07) is 32.9. The van der Waals surface area contributed by atoms with Gasteiger partial charge in [-0.1, -0.05) is 18.2 Å². The van der Waals surface area contributed by atoms with Crippen molar-refractivity contribution in [1.82, 2.24) is 107 Å². The smallest absolute Gasteiger partial charge is 0.387 e. The zero-order valence-corrected chi connectivity index (χ0v) is 80.2. The first-order valence-electron chi connectivity index (χ1n) is 43.0. The summed E-state index contributed by atoms with van der Waals surface area (Å²) in [5.41, 5.74) is 1.48. The maximum atomic E-state index is 13.3. The number of amides is 4. The minimum Gasteiger partial charge on any atom is -0.434 e. The fourth-order valence-corrected chi connectivity index (χ4v) is 20.1. The van der Waals surface area contributed by atoms with Crippen molar-refractivity contribution in [3.05, 3.63) is 313 Å². The van der Waals surface area contributed by atoms with Gasteiger partial charge in [-0.15, -0.1) is 0 Å². The SMILES string of the molecule is Cn1cc(NC(=O)c2cnn3cccnc23)c(-c2cc(S(=O)(=O)C3=CCN=C3)ccc2OC(F)F)n1.Cn1cc(NC(=O)c2cnn3cccnc23)c(-c2cc(S(=O)(=O)c3ccccc3)ccc2OC(F)F)n1.Cn1cc(NC(=O)c2cnn3cccnc23)c(-c2cc(S(=O)(=O)c3cccnc3)ccc2OC(F)F)n1.Cn1cc(NC(=O)c2cnn3cccnc23)c(-c2cc(S(=O)(=O)c3ccn(C)c(=O)c3)ccc2OC(F)F)n1. The number of nitrogens with one attached hydrogen (secondary N) is 4. The van der Waals surface area contributed by atoms with E-state index in [9.17, 15) is 92.8 Å². The van der Waals surface area contributed by atoms with Crippen molar-refractivity contribution in [2.45, 2.75) is 60.7 Å². The molecule has 760 valence electrons. The second-order valence-electron chi connectivity index (χ2n) is 31.4. The van der Waals surface area contributed by atoms with Gasteiger partial charge in [-0.05, 0) is 133 Å². The van der Waals surface area contributed by atoms with Crippen LogP contribution in [0.3, 0.4) is 0 Å². The standard InChI is InChI=1S/C24H19F2N7O5S.C24H18F2N6O4S.C23H17F2N7O4S.C22H17F2N7O4S/c1-31-9-6-15(11-20(31)34)39(36,37)14-4-5-19(38-24(25)26)16(10-14)21-18(13-32(2)30-21)29-23(35)17-12-28-33-8-3-7-27-22(17)33;1-31-14-19(29-23(33)18-13-28-32-11-5-10-27-22(18)32)21(30-31)17-12-16(8-9-20(17)36-24(25)26)37(34,35)15-6-3-2-4-7-15;1-31-13-18(29-22(33)17-12-28-32-9-3-8-27-21(17)32)20(30-31)16-10-14(5-6-19(16)36-23(24)25)37(34,35)15-4-2-7-26-11-15;1-30-12-17(28-21(32)16-11-27-31-8-2-6-26-20(16)31)19(29-30)15-9-13(3-4-18(15)35-22(23)24)36(33,34)14-5-7-25-10-14/h3-13,24H,1-2H3,(H,29,35);2-14,24H,1H3,(H,29,33);2-13,23H,1H3,(H,29,33);2-6,8-12,22H,7H2,1H3,(H,28,32). The highest BCUT2D eigenvalue weighted by atomic mass is 32.2. The molecular formula is C93H71F8N27O17S4. The number of allylic oxidation sites excluding steroid dienone is 1. The van der Waals surface area contributed by atoms with Crippen LogP contribution in [-0.2, 0) is 74.6 Å². The van der Waals surface area contributed by atoms with Crippen LogP contribution in [0, 0.1) is 0 Å². The van der Waals surface area contributed by atoms with Gasteiger partial charge < -0.3 is 44.8 Å². The Morgan fingerprint density at radius 3 is 0.933 bits per heavy atom. The van der Waals surface area contributed by atoms with Crippen molar-refractivity contribution in [2.75, 3.05) is 27.8 Å². The second kappa shape index (κ2) is 42.3. The third-order valence-electron chi connectivity index (χ3n) is 21.6. The molecule has 4 N–H and O–H groups in total. The number of aromatic nitrogens is 22. The first-order valence-corrected chi connectivity index (χ1v) is 48.9. The van der Waals surface area contributed by atoms with E-state index >= 15 is 0 Å². The maximum Gasteiger partial charge on any atom is 0.387 e. The molecule has 44 nitrogen and oxygen atoms in total. The first-order chi connectivity index (χ1) is 71.2. The molecule has 149 heavy (non-hydrogen) atoms. The Kier molecular flexibility index (Phi) is 28.9. The molecule has 1 aliphatic heterocycles. The summed E-state index contributed by atoms with van der Waals surface area (Å²) in [7, 11) is -8.58. The molecule has 14 aromatic heterocycles. The van der Waals surface area contributed by atoms with Gasteiger partial charge in [0.2, 0.25) is 39.3 Å². The predicted molar refractivity (Wildman–Crippen MR) is 512 cm³/mol. The summed E-state index contributed by atoms with van der Waals surface area (Å²) in [6.07, 6.45) is 30.2. The van der Waals surface area contributed by atoms with Crippen LogP contribution >= 0.6 is 0 Å². The number of alkyl halides is 8. The van der Waals surface area contributed by atoms with Gasteiger partial charge in [0.25, 0.3) is 29.2 Å². The number of aliphatic imine (C=N–C) groups is 1. The van der Waals surface area contributed by atoms with Crippen molar-refractivity contribution in [3.8, 4) is 68.0 Å². The van der Waals surface area contributed by atoms with Crippen LogP contribution in [0.5, 0.6) is 23.0 Å². The lowest BCUT2D eigenvalue weighted by molar-refractivity contribution is -0.0501. The topological polar surface area (TPSA) is 529 Å².